The zero-order valence-electron chi connectivity index (χ0n) is 20.1. The topological polar surface area (TPSA) is 118 Å². The zero-order valence-corrected chi connectivity index (χ0v) is 20.1. The highest BCUT2D eigenvalue weighted by atomic mass is 16.5. The summed E-state index contributed by atoms with van der Waals surface area (Å²) in [5, 5.41) is 9.23. The molecule has 0 radical (unpaired) electrons. The Morgan fingerprint density at radius 3 is 2.42 bits per heavy atom. The molecule has 3 amide bonds. The Balaban J connectivity index is 1.59. The Hall–Kier alpha value is -4.66. The summed E-state index contributed by atoms with van der Waals surface area (Å²) in [7, 11) is 1.47. The molecule has 0 bridgehead atoms. The van der Waals surface area contributed by atoms with E-state index in [-0.39, 0.29) is 18.3 Å². The number of ether oxygens (including phenoxy) is 2. The number of aryl methyl sites for hydroxylation is 1. The predicted molar refractivity (Wildman–Crippen MR) is 137 cm³/mol. The van der Waals surface area contributed by atoms with E-state index in [1.807, 2.05) is 49.4 Å². The summed E-state index contributed by atoms with van der Waals surface area (Å²) >= 11 is 0. The molecule has 3 N–H and O–H groups in total. The molecular formula is C27H28N4O5. The van der Waals surface area contributed by atoms with Crippen molar-refractivity contribution in [1.29, 1.82) is 0 Å². The van der Waals surface area contributed by atoms with Gasteiger partial charge in [-0.25, -0.2) is 5.43 Å². The van der Waals surface area contributed by atoms with Crippen LogP contribution in [0.3, 0.4) is 0 Å². The highest BCUT2D eigenvalue weighted by Crippen LogP contribution is 2.30. The number of nitrogens with zero attached hydrogens (tertiary/aromatic N) is 1. The summed E-state index contributed by atoms with van der Waals surface area (Å²) in [5.74, 6) is -1.43. The molecule has 0 saturated heterocycles. The summed E-state index contributed by atoms with van der Waals surface area (Å²) in [5.41, 5.74) is 5.09. The van der Waals surface area contributed by atoms with Crippen LogP contribution in [0.15, 0.2) is 77.9 Å². The van der Waals surface area contributed by atoms with Crippen molar-refractivity contribution in [2.75, 3.05) is 19.0 Å². The van der Waals surface area contributed by atoms with E-state index in [1.165, 1.54) is 13.3 Å². The van der Waals surface area contributed by atoms with Crippen molar-refractivity contribution >= 4 is 29.6 Å². The van der Waals surface area contributed by atoms with Gasteiger partial charge in [0.25, 0.3) is 5.91 Å². The minimum Gasteiger partial charge on any atom is -0.493 e. The second-order valence-corrected chi connectivity index (χ2v) is 7.59. The van der Waals surface area contributed by atoms with Crippen LogP contribution in [0.25, 0.3) is 0 Å². The van der Waals surface area contributed by atoms with Crippen molar-refractivity contribution in [1.82, 2.24) is 10.7 Å². The van der Waals surface area contributed by atoms with Crippen molar-refractivity contribution in [3.8, 4) is 11.5 Å². The first-order chi connectivity index (χ1) is 17.5. The third-order valence-electron chi connectivity index (χ3n) is 5.13. The number of hydrogen-bond acceptors (Lipinski definition) is 6. The molecule has 0 spiro atoms. The third-order valence-corrected chi connectivity index (χ3v) is 5.13. The fourth-order valence-corrected chi connectivity index (χ4v) is 3.28. The van der Waals surface area contributed by atoms with Crippen LogP contribution in [0, 0.1) is 0 Å². The number of nitrogens with one attached hydrogen (secondary N) is 3. The number of para-hydroxylation sites is 2. The first-order valence-electron chi connectivity index (χ1n) is 11.3. The zero-order chi connectivity index (χ0) is 25.8. The highest BCUT2D eigenvalue weighted by Gasteiger charge is 2.15. The molecule has 3 rings (SSSR count). The van der Waals surface area contributed by atoms with Gasteiger partial charge < -0.3 is 20.1 Å². The van der Waals surface area contributed by atoms with Crippen molar-refractivity contribution < 1.29 is 23.9 Å². The average Bonchev–Trinajstić information content (AvgIpc) is 2.91. The second-order valence-electron chi connectivity index (χ2n) is 7.59. The van der Waals surface area contributed by atoms with Crippen LogP contribution < -0.4 is 25.5 Å². The predicted octanol–water partition coefficient (Wildman–Crippen LogP) is 3.04. The smallest absolute Gasteiger partial charge is 0.329 e. The van der Waals surface area contributed by atoms with Crippen molar-refractivity contribution in [2.24, 2.45) is 5.10 Å². The normalized spacial score (nSPS) is 10.5. The maximum absolute atomic E-state index is 12.3. The number of hydrogen-bond donors (Lipinski definition) is 3. The molecular weight excluding hydrogens is 460 g/mol. The van der Waals surface area contributed by atoms with Gasteiger partial charge in [0, 0.05) is 17.8 Å². The summed E-state index contributed by atoms with van der Waals surface area (Å²) in [6, 6.07) is 21.8. The highest BCUT2D eigenvalue weighted by molar-refractivity contribution is 6.39. The Bertz CT molecular complexity index is 1230. The average molecular weight is 489 g/mol. The summed E-state index contributed by atoms with van der Waals surface area (Å²) in [6.07, 6.45) is 2.02. The number of methoxy groups -OCH3 is 1. The molecule has 186 valence electrons. The van der Waals surface area contributed by atoms with Gasteiger partial charge in [-0.3, -0.25) is 14.4 Å². The van der Waals surface area contributed by atoms with E-state index < -0.39 is 11.8 Å². The van der Waals surface area contributed by atoms with E-state index >= 15 is 0 Å². The quantitative estimate of drug-likeness (QED) is 0.230. The van der Waals surface area contributed by atoms with Crippen LogP contribution in [-0.2, 0) is 27.3 Å². The molecule has 36 heavy (non-hydrogen) atoms. The summed E-state index contributed by atoms with van der Waals surface area (Å²) in [4.78, 5) is 36.7. The van der Waals surface area contributed by atoms with Gasteiger partial charge >= 0.3 is 11.8 Å². The van der Waals surface area contributed by atoms with Crippen LogP contribution in [0.5, 0.6) is 11.5 Å². The molecule has 0 heterocycles. The Labute approximate surface area is 209 Å². The number of carbonyl (C=O) groups is 3. The number of rotatable bonds is 10. The van der Waals surface area contributed by atoms with Crippen molar-refractivity contribution in [3.63, 3.8) is 0 Å². The molecule has 9 nitrogen and oxygen atoms in total. The van der Waals surface area contributed by atoms with E-state index in [2.05, 4.69) is 21.2 Å². The standard InChI is InChI=1S/C27H28N4O5/c1-3-20-12-7-8-14-22(20)30-26(33)27(34)31-29-17-21-13-9-15-23(35-2)25(21)36-18-24(32)28-16-19-10-5-4-6-11-19/h4-15,17H,3,16,18H2,1-2H3,(H,28,32)(H,30,33)(H,31,34)/b29-17-. The number of amides is 3. The van der Waals surface area contributed by atoms with Gasteiger partial charge in [-0.15, -0.1) is 0 Å². The molecule has 9 heteroatoms. The Morgan fingerprint density at radius 1 is 0.917 bits per heavy atom. The molecule has 0 aliphatic carbocycles. The molecule has 0 aliphatic rings. The molecule has 3 aromatic rings. The maximum atomic E-state index is 12.3. The Kier molecular flexibility index (Phi) is 9.58. The largest absolute Gasteiger partial charge is 0.493 e. The van der Waals surface area contributed by atoms with E-state index in [1.54, 1.807) is 30.3 Å². The number of hydrazone groups is 1. The fourth-order valence-electron chi connectivity index (χ4n) is 3.28. The van der Waals surface area contributed by atoms with Gasteiger partial charge in [0.1, 0.15) is 0 Å². The van der Waals surface area contributed by atoms with Gasteiger partial charge in [0.15, 0.2) is 18.1 Å². The minimum absolute atomic E-state index is 0.250. The number of anilines is 1. The Morgan fingerprint density at radius 2 is 1.67 bits per heavy atom. The number of carbonyl (C=O) groups excluding carboxylic acids is 3. The first-order valence-corrected chi connectivity index (χ1v) is 11.3. The van der Waals surface area contributed by atoms with Crippen molar-refractivity contribution in [2.45, 2.75) is 19.9 Å². The SMILES string of the molecule is CCc1ccccc1NC(=O)C(=O)N/N=C\c1cccc(OC)c1OCC(=O)NCc1ccccc1. The van der Waals surface area contributed by atoms with Crippen LogP contribution in [0.2, 0.25) is 0 Å². The molecule has 0 fully saturated rings. The second kappa shape index (κ2) is 13.3. The monoisotopic (exact) mass is 488 g/mol. The first kappa shape index (κ1) is 26.0. The number of benzene rings is 3. The van der Waals surface area contributed by atoms with Gasteiger partial charge in [0.2, 0.25) is 0 Å². The third kappa shape index (κ3) is 7.42. The fraction of sp³-hybridized carbons (Fsp3) is 0.185. The molecule has 0 saturated carbocycles. The van der Waals surface area contributed by atoms with E-state index in [9.17, 15) is 14.4 Å². The van der Waals surface area contributed by atoms with Crippen LogP contribution >= 0.6 is 0 Å². The lowest BCUT2D eigenvalue weighted by Gasteiger charge is -2.13. The molecule has 0 unspecified atom stereocenters. The van der Waals surface area contributed by atoms with Gasteiger partial charge in [-0.05, 0) is 35.7 Å². The van der Waals surface area contributed by atoms with E-state index in [4.69, 9.17) is 9.47 Å². The lowest BCUT2D eigenvalue weighted by molar-refractivity contribution is -0.136. The van der Waals surface area contributed by atoms with E-state index in [0.29, 0.717) is 30.0 Å². The molecule has 3 aromatic carbocycles. The lowest BCUT2D eigenvalue weighted by Crippen LogP contribution is -2.32. The van der Waals surface area contributed by atoms with Gasteiger partial charge in [-0.1, -0.05) is 61.5 Å². The van der Waals surface area contributed by atoms with Crippen LogP contribution in [-0.4, -0.2) is 37.7 Å². The van der Waals surface area contributed by atoms with Crippen LogP contribution in [0.4, 0.5) is 5.69 Å². The molecule has 0 atom stereocenters. The summed E-state index contributed by atoms with van der Waals surface area (Å²) < 4.78 is 11.0. The maximum Gasteiger partial charge on any atom is 0.329 e. The summed E-state index contributed by atoms with van der Waals surface area (Å²) in [6.45, 7) is 2.08. The minimum atomic E-state index is -0.928. The molecule has 0 aromatic heterocycles. The molecule has 0 aliphatic heterocycles. The van der Waals surface area contributed by atoms with Crippen LogP contribution in [0.1, 0.15) is 23.6 Å². The van der Waals surface area contributed by atoms with Gasteiger partial charge in [0.05, 0.1) is 13.3 Å². The lowest BCUT2D eigenvalue weighted by atomic mass is 10.1. The van der Waals surface area contributed by atoms with Gasteiger partial charge in [-0.2, -0.15) is 5.10 Å². The van der Waals surface area contributed by atoms with E-state index in [0.717, 1.165) is 11.1 Å². The van der Waals surface area contributed by atoms with Crippen molar-refractivity contribution in [3.05, 3.63) is 89.5 Å².